The van der Waals surface area contributed by atoms with E-state index in [1.54, 1.807) is 0 Å². The molecule has 3 rings (SSSR count). The number of unbranched alkanes of at least 4 members (excludes halogenated alkanes) is 1. The number of nitrogens with two attached hydrogens (primary N) is 6. The van der Waals surface area contributed by atoms with Gasteiger partial charge in [0.25, 0.3) is 0 Å². The standard InChI is InChI=1S/C58H95N15O14/c1-32(2)26-43(50(60)81)71-52(83)37(13-8-22-65-57(61)62)29-47(77)41(27-35-17-19-38(75)20-18-35)69-51(82)36(12-6-7-21-59)28-48(78)42(31-49(79)80)70-53(84)39(34(4)74)30-46(76)33(3)67-55(86)45-16-11-25-73(45)56(87)40(14-9-23-66-58(63)64)68-54(85)44-15-10-24-72(44)5/h17-20,32-34,36-37,39-45,74-75H,6-16,21-31,59H2,1-5H3,(H2,60,81)(H,67,86)(H,68,85)(H,69,82)(H,70,84)(H,71,83)(H,79,80)(H4,61,62,65)(H4,63,64,66)/t33-,34+,36+,37+,39-,40-,41-,42-,43-,44-,45-/m0/s1. The van der Waals surface area contributed by atoms with Gasteiger partial charge in [0, 0.05) is 50.7 Å². The van der Waals surface area contributed by atoms with Crippen molar-refractivity contribution in [2.24, 2.45) is 68.1 Å². The number of guanidine groups is 2. The fourth-order valence-corrected chi connectivity index (χ4v) is 10.7. The topological polar surface area (TPSA) is 496 Å². The van der Waals surface area contributed by atoms with Crippen LogP contribution in [0, 0.1) is 23.7 Å². The molecule has 0 unspecified atom stereocenters. The lowest BCUT2D eigenvalue weighted by Gasteiger charge is -2.30. The summed E-state index contributed by atoms with van der Waals surface area (Å²) in [5.41, 5.74) is 33.9. The molecule has 2 fully saturated rings. The van der Waals surface area contributed by atoms with E-state index in [4.69, 9.17) is 34.4 Å². The third kappa shape index (κ3) is 25.6. The fourth-order valence-electron chi connectivity index (χ4n) is 10.7. The number of carboxylic acids is 1. The van der Waals surface area contributed by atoms with Gasteiger partial charge in [0.05, 0.1) is 42.6 Å². The number of amides is 7. The zero-order chi connectivity index (χ0) is 65.1. The van der Waals surface area contributed by atoms with Crippen LogP contribution in [0.2, 0.25) is 0 Å². The van der Waals surface area contributed by atoms with Crippen LogP contribution in [0.1, 0.15) is 136 Å². The number of rotatable bonds is 40. The maximum Gasteiger partial charge on any atom is 0.305 e. The molecule has 7 amide bonds. The van der Waals surface area contributed by atoms with Crippen LogP contribution < -0.4 is 61.0 Å². The molecule has 2 aliphatic heterocycles. The van der Waals surface area contributed by atoms with E-state index >= 15 is 0 Å². The third-order valence-corrected chi connectivity index (χ3v) is 15.6. The van der Waals surface area contributed by atoms with Crippen molar-refractivity contribution in [1.82, 2.24) is 36.4 Å². The largest absolute Gasteiger partial charge is 0.508 e. The van der Waals surface area contributed by atoms with Crippen LogP contribution in [-0.2, 0) is 59.2 Å². The number of carboxylic acid groups (broad SMARTS) is 1. The summed E-state index contributed by atoms with van der Waals surface area (Å²) in [5, 5.41) is 44.1. The summed E-state index contributed by atoms with van der Waals surface area (Å²) >= 11 is 0. The van der Waals surface area contributed by atoms with Crippen LogP contribution in [0.4, 0.5) is 0 Å². The molecule has 87 heavy (non-hydrogen) atoms. The van der Waals surface area contributed by atoms with Crippen molar-refractivity contribution in [3.8, 4) is 5.75 Å². The van der Waals surface area contributed by atoms with Crippen molar-refractivity contribution < 1.29 is 68.1 Å². The Balaban J connectivity index is 1.84. The molecule has 2 aliphatic rings. The predicted molar refractivity (Wildman–Crippen MR) is 322 cm³/mol. The number of primary amides is 1. The minimum Gasteiger partial charge on any atom is -0.508 e. The van der Waals surface area contributed by atoms with Gasteiger partial charge in [0.15, 0.2) is 29.3 Å². The molecule has 0 spiro atoms. The Kier molecular flexibility index (Phi) is 31.3. The lowest BCUT2D eigenvalue weighted by atomic mass is 9.88. The van der Waals surface area contributed by atoms with Gasteiger partial charge in [-0.1, -0.05) is 32.4 Å². The normalized spacial score (nSPS) is 18.0. The van der Waals surface area contributed by atoms with Crippen molar-refractivity contribution in [3.05, 3.63) is 29.8 Å². The van der Waals surface area contributed by atoms with E-state index in [1.807, 2.05) is 25.8 Å². The number of likely N-dealkylation sites (tertiary alicyclic amines) is 2. The second-order valence-electron chi connectivity index (χ2n) is 23.2. The number of Topliss-reactive ketones (excluding diaryl/α,β-unsaturated/α-hetero) is 3. The molecule has 20 N–H and O–H groups in total. The number of aromatic hydroxyl groups is 1. The van der Waals surface area contributed by atoms with Crippen LogP contribution in [0.5, 0.6) is 5.75 Å². The first-order chi connectivity index (χ1) is 41.0. The van der Waals surface area contributed by atoms with E-state index in [-0.39, 0.29) is 101 Å². The van der Waals surface area contributed by atoms with Gasteiger partial charge >= 0.3 is 5.97 Å². The molecular formula is C58H95N15O14. The van der Waals surface area contributed by atoms with Crippen LogP contribution >= 0.6 is 0 Å². The first-order valence-electron chi connectivity index (χ1n) is 29.9. The Morgan fingerprint density at radius 2 is 1.14 bits per heavy atom. The SMILES string of the molecule is CC(C)C[C@H](NC(=O)[C@H](CCCN=C(N)N)CC(=O)[C@H](Cc1ccc(O)cc1)NC(=O)[C@H](CCCCN)CC(=O)[C@H](CC(=O)O)NC(=O)[C@@H](CC(=O)[C@H](C)NC(=O)[C@@H]1CCCN1C(=O)[C@H](CCCN=C(N)N)NC(=O)[C@@H]1CCCN1C)[C@@H](C)O)C(N)=O. The molecule has 0 aliphatic carbocycles. The molecule has 1 aromatic rings. The molecule has 486 valence electrons. The minimum absolute atomic E-state index is 0.0000746. The second kappa shape index (κ2) is 37.0. The van der Waals surface area contributed by atoms with Gasteiger partial charge in [-0.3, -0.25) is 67.6 Å². The van der Waals surface area contributed by atoms with Gasteiger partial charge in [0.1, 0.15) is 23.9 Å². The van der Waals surface area contributed by atoms with E-state index in [0.717, 1.165) is 6.42 Å². The van der Waals surface area contributed by atoms with E-state index in [2.05, 4.69) is 36.6 Å². The Morgan fingerprint density at radius 1 is 0.609 bits per heavy atom. The number of nitrogens with zero attached hydrogens (tertiary/aromatic N) is 4. The summed E-state index contributed by atoms with van der Waals surface area (Å²) in [6.45, 7) is 7.58. The molecule has 29 nitrogen and oxygen atoms in total. The highest BCUT2D eigenvalue weighted by Crippen LogP contribution is 2.24. The number of phenols is 1. The number of likely N-dealkylation sites (N-methyl/N-ethyl adjacent to an activating group) is 1. The van der Waals surface area contributed by atoms with Gasteiger partial charge in [-0.2, -0.15) is 0 Å². The number of hydrogen-bond donors (Lipinski definition) is 14. The summed E-state index contributed by atoms with van der Waals surface area (Å²) in [7, 11) is 1.82. The Bertz CT molecular complexity index is 2580. The molecule has 29 heteroatoms. The van der Waals surface area contributed by atoms with Crippen LogP contribution in [0.3, 0.4) is 0 Å². The number of aliphatic hydroxyl groups excluding tert-OH is 1. The molecule has 2 heterocycles. The smallest absolute Gasteiger partial charge is 0.305 e. The highest BCUT2D eigenvalue weighted by atomic mass is 16.4. The number of aliphatic hydroxyl groups is 1. The van der Waals surface area contributed by atoms with E-state index in [0.29, 0.717) is 44.2 Å². The van der Waals surface area contributed by atoms with Gasteiger partial charge in [-0.15, -0.1) is 0 Å². The Labute approximate surface area is 508 Å². The minimum atomic E-state index is -1.80. The van der Waals surface area contributed by atoms with E-state index in [9.17, 15) is 68.1 Å². The van der Waals surface area contributed by atoms with Crippen LogP contribution in [0.15, 0.2) is 34.3 Å². The number of nitrogens with one attached hydrogen (secondary N) is 5. The number of phenolic OH excluding ortho intramolecular Hbond substituents is 1. The average molecular weight is 1230 g/mol. The highest BCUT2D eigenvalue weighted by Gasteiger charge is 2.41. The van der Waals surface area contributed by atoms with Crippen molar-refractivity contribution in [1.29, 1.82) is 0 Å². The Hall–Kier alpha value is -7.79. The Morgan fingerprint density at radius 3 is 1.67 bits per heavy atom. The first-order valence-corrected chi connectivity index (χ1v) is 29.9. The molecule has 0 saturated carbocycles. The fraction of sp³-hybridized carbons (Fsp3) is 0.672. The highest BCUT2D eigenvalue weighted by molar-refractivity contribution is 5.99. The molecule has 0 aromatic heterocycles. The first kappa shape index (κ1) is 73.5. The molecule has 0 radical (unpaired) electrons. The molecule has 2 saturated heterocycles. The quantitative estimate of drug-likeness (QED) is 0.0189. The predicted octanol–water partition coefficient (Wildman–Crippen LogP) is -2.19. The maximum absolute atomic E-state index is 14.5. The number of carbonyl (C=O) groups excluding carboxylic acids is 10. The lowest BCUT2D eigenvalue weighted by molar-refractivity contribution is -0.143. The van der Waals surface area contributed by atoms with Gasteiger partial charge in [-0.25, -0.2) is 0 Å². The molecular weight excluding hydrogens is 1130 g/mol. The lowest BCUT2D eigenvalue weighted by Crippen LogP contribution is -2.56. The van der Waals surface area contributed by atoms with Crippen LogP contribution in [0.25, 0.3) is 0 Å². The van der Waals surface area contributed by atoms with Crippen molar-refractivity contribution in [2.75, 3.05) is 39.8 Å². The zero-order valence-corrected chi connectivity index (χ0v) is 50.9. The molecule has 11 atom stereocenters. The van der Waals surface area contributed by atoms with Crippen LogP contribution in [-0.4, -0.2) is 190 Å². The summed E-state index contributed by atoms with van der Waals surface area (Å²) < 4.78 is 0. The number of aliphatic carboxylic acids is 1. The van der Waals surface area contributed by atoms with E-state index in [1.165, 1.54) is 43.0 Å². The number of benzene rings is 1. The molecule has 1 aromatic carbocycles. The summed E-state index contributed by atoms with van der Waals surface area (Å²) in [6.07, 6.45) is -0.784. The number of carbonyl (C=O) groups is 11. The second-order valence-corrected chi connectivity index (χ2v) is 23.2. The van der Waals surface area contributed by atoms with Gasteiger partial charge in [-0.05, 0) is 135 Å². The summed E-state index contributed by atoms with van der Waals surface area (Å²) in [4.78, 5) is 162. The van der Waals surface area contributed by atoms with Crippen molar-refractivity contribution in [2.45, 2.75) is 185 Å². The molecule has 0 bridgehead atoms. The maximum atomic E-state index is 14.5. The van der Waals surface area contributed by atoms with Crippen molar-refractivity contribution in [3.63, 3.8) is 0 Å². The zero-order valence-electron chi connectivity index (χ0n) is 50.9. The number of hydrogen-bond acceptors (Lipinski definition) is 17. The third-order valence-electron chi connectivity index (χ3n) is 15.6. The van der Waals surface area contributed by atoms with E-state index < -0.39 is 151 Å². The summed E-state index contributed by atoms with van der Waals surface area (Å²) in [6, 6.07) is -2.23. The monoisotopic (exact) mass is 1230 g/mol. The average Bonchev–Trinajstić information content (AvgIpc) is 2.77. The van der Waals surface area contributed by atoms with Gasteiger partial charge < -0.3 is 81.2 Å². The number of aliphatic imine (C=N–C) groups is 2. The van der Waals surface area contributed by atoms with Crippen molar-refractivity contribution >= 4 is 76.6 Å². The summed E-state index contributed by atoms with van der Waals surface area (Å²) in [5.74, 6) is -13.1. The van der Waals surface area contributed by atoms with Gasteiger partial charge in [0.2, 0.25) is 41.4 Å². The number of ketones is 3.